The molecule has 0 spiro atoms. The summed E-state index contributed by atoms with van der Waals surface area (Å²) in [5.74, 6) is 1.89. The van der Waals surface area contributed by atoms with E-state index < -0.39 is 0 Å². The van der Waals surface area contributed by atoms with Crippen molar-refractivity contribution in [3.63, 3.8) is 0 Å². The second-order valence-corrected chi connectivity index (χ2v) is 3.29. The SMILES string of the molecule is CCn1nc(C2CC2)cc1NC. The summed E-state index contributed by atoms with van der Waals surface area (Å²) in [5.41, 5.74) is 1.27. The Morgan fingerprint density at radius 2 is 2.42 bits per heavy atom. The van der Waals surface area contributed by atoms with Crippen LogP contribution >= 0.6 is 0 Å². The van der Waals surface area contributed by atoms with Crippen LogP contribution in [0.3, 0.4) is 0 Å². The van der Waals surface area contributed by atoms with Crippen LogP contribution < -0.4 is 5.32 Å². The van der Waals surface area contributed by atoms with E-state index in [-0.39, 0.29) is 0 Å². The van der Waals surface area contributed by atoms with Crippen LogP contribution in [-0.2, 0) is 6.54 Å². The summed E-state index contributed by atoms with van der Waals surface area (Å²) in [5, 5.41) is 7.67. The Hall–Kier alpha value is -0.990. The summed E-state index contributed by atoms with van der Waals surface area (Å²) in [6, 6.07) is 2.17. The number of aromatic nitrogens is 2. The van der Waals surface area contributed by atoms with E-state index in [1.807, 2.05) is 11.7 Å². The van der Waals surface area contributed by atoms with Crippen molar-refractivity contribution in [2.45, 2.75) is 32.2 Å². The van der Waals surface area contributed by atoms with Crippen molar-refractivity contribution >= 4 is 5.82 Å². The number of anilines is 1. The highest BCUT2D eigenvalue weighted by molar-refractivity contribution is 5.38. The standard InChI is InChI=1S/C9H15N3/c1-3-12-9(10-2)6-8(11-12)7-4-5-7/h6-7,10H,3-5H2,1-2H3. The molecule has 1 fully saturated rings. The molecule has 1 aliphatic rings. The van der Waals surface area contributed by atoms with Gasteiger partial charge in [-0.1, -0.05) is 0 Å². The van der Waals surface area contributed by atoms with E-state index in [1.165, 1.54) is 18.5 Å². The predicted molar refractivity (Wildman–Crippen MR) is 49.4 cm³/mol. The van der Waals surface area contributed by atoms with E-state index in [0.717, 1.165) is 18.3 Å². The fraction of sp³-hybridized carbons (Fsp3) is 0.667. The van der Waals surface area contributed by atoms with Crippen molar-refractivity contribution in [1.82, 2.24) is 9.78 Å². The van der Waals surface area contributed by atoms with Gasteiger partial charge in [0, 0.05) is 25.6 Å². The van der Waals surface area contributed by atoms with E-state index in [4.69, 9.17) is 0 Å². The van der Waals surface area contributed by atoms with Gasteiger partial charge in [-0.15, -0.1) is 0 Å². The van der Waals surface area contributed by atoms with E-state index in [2.05, 4.69) is 23.4 Å². The van der Waals surface area contributed by atoms with Gasteiger partial charge >= 0.3 is 0 Å². The van der Waals surface area contributed by atoms with E-state index >= 15 is 0 Å². The lowest BCUT2D eigenvalue weighted by atomic mass is 10.3. The molecule has 1 aromatic heterocycles. The van der Waals surface area contributed by atoms with Gasteiger partial charge in [0.2, 0.25) is 0 Å². The molecule has 0 aromatic carbocycles. The number of nitrogens with zero attached hydrogens (tertiary/aromatic N) is 2. The molecular weight excluding hydrogens is 150 g/mol. The molecule has 0 amide bonds. The van der Waals surface area contributed by atoms with Crippen LogP contribution in [-0.4, -0.2) is 16.8 Å². The molecule has 0 atom stereocenters. The third-order valence-electron chi connectivity index (χ3n) is 2.35. The minimum Gasteiger partial charge on any atom is -0.373 e. The molecule has 1 aromatic rings. The maximum absolute atomic E-state index is 4.52. The number of rotatable bonds is 3. The Morgan fingerprint density at radius 3 is 2.83 bits per heavy atom. The lowest BCUT2D eigenvalue weighted by Gasteiger charge is -2.00. The zero-order chi connectivity index (χ0) is 8.55. The second-order valence-electron chi connectivity index (χ2n) is 3.29. The molecule has 3 nitrogen and oxygen atoms in total. The van der Waals surface area contributed by atoms with Crippen molar-refractivity contribution in [2.24, 2.45) is 0 Å². The highest BCUT2D eigenvalue weighted by Gasteiger charge is 2.26. The summed E-state index contributed by atoms with van der Waals surface area (Å²) in [4.78, 5) is 0. The summed E-state index contributed by atoms with van der Waals surface area (Å²) in [6.07, 6.45) is 2.65. The molecular formula is C9H15N3. The van der Waals surface area contributed by atoms with Crippen molar-refractivity contribution < 1.29 is 0 Å². The zero-order valence-electron chi connectivity index (χ0n) is 7.67. The van der Waals surface area contributed by atoms with Crippen LogP contribution in [0.1, 0.15) is 31.4 Å². The van der Waals surface area contributed by atoms with E-state index in [0.29, 0.717) is 0 Å². The molecule has 1 N–H and O–H groups in total. The largest absolute Gasteiger partial charge is 0.373 e. The first-order valence-electron chi connectivity index (χ1n) is 4.60. The first-order chi connectivity index (χ1) is 5.85. The van der Waals surface area contributed by atoms with Crippen molar-refractivity contribution in [2.75, 3.05) is 12.4 Å². The molecule has 1 saturated carbocycles. The van der Waals surface area contributed by atoms with E-state index in [1.54, 1.807) is 0 Å². The predicted octanol–water partition coefficient (Wildman–Crippen LogP) is 1.82. The topological polar surface area (TPSA) is 29.9 Å². The summed E-state index contributed by atoms with van der Waals surface area (Å²) < 4.78 is 2.02. The number of aryl methyl sites for hydroxylation is 1. The smallest absolute Gasteiger partial charge is 0.124 e. The minimum absolute atomic E-state index is 0.755. The van der Waals surface area contributed by atoms with Gasteiger partial charge in [0.15, 0.2) is 0 Å². The Labute approximate surface area is 72.8 Å². The molecule has 2 rings (SSSR count). The van der Waals surface area contributed by atoms with Gasteiger partial charge in [0.25, 0.3) is 0 Å². The third-order valence-corrected chi connectivity index (χ3v) is 2.35. The molecule has 0 bridgehead atoms. The summed E-state index contributed by atoms with van der Waals surface area (Å²) in [6.45, 7) is 3.06. The van der Waals surface area contributed by atoms with Gasteiger partial charge < -0.3 is 5.32 Å². The molecule has 1 aliphatic carbocycles. The van der Waals surface area contributed by atoms with Crippen LogP contribution in [0.25, 0.3) is 0 Å². The van der Waals surface area contributed by atoms with Gasteiger partial charge in [0.1, 0.15) is 5.82 Å². The minimum atomic E-state index is 0.755. The average molecular weight is 165 g/mol. The summed E-state index contributed by atoms with van der Waals surface area (Å²) in [7, 11) is 1.94. The van der Waals surface area contributed by atoms with Crippen molar-refractivity contribution in [1.29, 1.82) is 0 Å². The second kappa shape index (κ2) is 2.81. The van der Waals surface area contributed by atoms with Crippen LogP contribution in [0.5, 0.6) is 0 Å². The molecule has 1 heterocycles. The molecule has 3 heteroatoms. The Balaban J connectivity index is 2.27. The lowest BCUT2D eigenvalue weighted by molar-refractivity contribution is 0.654. The third kappa shape index (κ3) is 1.19. The van der Waals surface area contributed by atoms with Gasteiger partial charge in [0.05, 0.1) is 5.69 Å². The normalized spacial score (nSPS) is 16.5. The fourth-order valence-electron chi connectivity index (χ4n) is 1.46. The van der Waals surface area contributed by atoms with Gasteiger partial charge in [-0.25, -0.2) is 4.68 Å². The van der Waals surface area contributed by atoms with Gasteiger partial charge in [-0.3, -0.25) is 0 Å². The van der Waals surface area contributed by atoms with Gasteiger partial charge in [-0.2, -0.15) is 5.10 Å². The molecule has 0 aliphatic heterocycles. The van der Waals surface area contributed by atoms with Crippen molar-refractivity contribution in [3.8, 4) is 0 Å². The molecule has 0 unspecified atom stereocenters. The highest BCUT2D eigenvalue weighted by atomic mass is 15.3. The number of hydrogen-bond acceptors (Lipinski definition) is 2. The lowest BCUT2D eigenvalue weighted by Crippen LogP contribution is -2.02. The monoisotopic (exact) mass is 165 g/mol. The van der Waals surface area contributed by atoms with Crippen molar-refractivity contribution in [3.05, 3.63) is 11.8 Å². The summed E-state index contributed by atoms with van der Waals surface area (Å²) >= 11 is 0. The molecule has 12 heavy (non-hydrogen) atoms. The Morgan fingerprint density at radius 1 is 1.67 bits per heavy atom. The van der Waals surface area contributed by atoms with E-state index in [9.17, 15) is 0 Å². The Kier molecular flexibility index (Phi) is 1.79. The maximum Gasteiger partial charge on any atom is 0.124 e. The first kappa shape index (κ1) is 7.65. The maximum atomic E-state index is 4.52. The highest BCUT2D eigenvalue weighted by Crippen LogP contribution is 2.39. The molecule has 0 saturated heterocycles. The quantitative estimate of drug-likeness (QED) is 0.740. The fourth-order valence-corrected chi connectivity index (χ4v) is 1.46. The molecule has 0 radical (unpaired) electrons. The number of hydrogen-bond donors (Lipinski definition) is 1. The first-order valence-corrected chi connectivity index (χ1v) is 4.60. The van der Waals surface area contributed by atoms with Crippen LogP contribution in [0.15, 0.2) is 6.07 Å². The van der Waals surface area contributed by atoms with Crippen LogP contribution in [0, 0.1) is 0 Å². The van der Waals surface area contributed by atoms with Crippen LogP contribution in [0.2, 0.25) is 0 Å². The van der Waals surface area contributed by atoms with Crippen LogP contribution in [0.4, 0.5) is 5.82 Å². The van der Waals surface area contributed by atoms with Gasteiger partial charge in [-0.05, 0) is 19.8 Å². The number of nitrogens with one attached hydrogen (secondary N) is 1. The zero-order valence-corrected chi connectivity index (χ0v) is 7.67. The Bertz CT molecular complexity index is 252. The average Bonchev–Trinajstić information content (AvgIpc) is 2.85. The molecule has 66 valence electrons.